The number of rotatable bonds is 6. The fraction of sp³-hybridized carbons (Fsp3) is 0.302. The molecule has 3 nitrogen and oxygen atoms in total. The maximum atomic E-state index is 5.34. The van der Waals surface area contributed by atoms with Crippen molar-refractivity contribution in [2.45, 2.75) is 50.9 Å². The molecule has 4 aromatic rings. The molecule has 0 bridgehead atoms. The molecule has 1 saturated heterocycles. The third-order valence-corrected chi connectivity index (χ3v) is 11.1. The number of hydrogen-bond donors (Lipinski definition) is 0. The van der Waals surface area contributed by atoms with Gasteiger partial charge in [0, 0.05) is 16.7 Å². The van der Waals surface area contributed by atoms with Gasteiger partial charge in [0.1, 0.15) is 0 Å². The molecule has 1 fully saturated rings. The van der Waals surface area contributed by atoms with Crippen molar-refractivity contribution in [2.24, 2.45) is 15.9 Å². The van der Waals surface area contributed by atoms with E-state index < -0.39 is 0 Å². The molecule has 0 radical (unpaired) electrons. The highest BCUT2D eigenvalue weighted by molar-refractivity contribution is 6.27. The Bertz CT molecular complexity index is 2250. The van der Waals surface area contributed by atoms with E-state index in [-0.39, 0.29) is 0 Å². The SMILES string of the molecule is C1=C2N=c3ccccc3=C2CN=C1C1=c2ccc3c(c2CCC1Cc1ccccc1)C(CCN1CCCCC1)C=c1ccccc1=3. The van der Waals surface area contributed by atoms with Gasteiger partial charge in [-0.1, -0.05) is 97.4 Å². The Morgan fingerprint density at radius 1 is 0.739 bits per heavy atom. The van der Waals surface area contributed by atoms with E-state index in [1.165, 1.54) is 88.1 Å². The number of aliphatic imine (C=N–C) groups is 1. The molecule has 3 aliphatic heterocycles. The van der Waals surface area contributed by atoms with E-state index in [4.69, 9.17) is 9.98 Å². The number of nitrogens with zero attached hydrogens (tertiary/aromatic N) is 3. The fourth-order valence-corrected chi connectivity index (χ4v) is 8.85. The first kappa shape index (κ1) is 27.9. The van der Waals surface area contributed by atoms with Crippen molar-refractivity contribution in [3.63, 3.8) is 0 Å². The highest BCUT2D eigenvalue weighted by Crippen LogP contribution is 2.35. The number of dihydropyridines is 1. The lowest BCUT2D eigenvalue weighted by Gasteiger charge is -2.32. The molecule has 0 amide bonds. The molecule has 0 N–H and O–H groups in total. The van der Waals surface area contributed by atoms with Crippen molar-refractivity contribution in [3.8, 4) is 0 Å². The summed E-state index contributed by atoms with van der Waals surface area (Å²) < 4.78 is 0. The van der Waals surface area contributed by atoms with Gasteiger partial charge in [0.15, 0.2) is 0 Å². The monoisotopic (exact) mass is 599 g/mol. The van der Waals surface area contributed by atoms with Crippen LogP contribution >= 0.6 is 0 Å². The molecular formula is C43H41N3. The molecule has 2 unspecified atom stereocenters. The molecular weight excluding hydrogens is 558 g/mol. The third kappa shape index (κ3) is 4.93. The fourth-order valence-electron chi connectivity index (χ4n) is 8.85. The molecule has 0 spiro atoms. The predicted octanol–water partition coefficient (Wildman–Crippen LogP) is 5.51. The van der Waals surface area contributed by atoms with Crippen molar-refractivity contribution in [2.75, 3.05) is 26.2 Å². The Hall–Kier alpha value is -4.34. The van der Waals surface area contributed by atoms with Crippen LogP contribution in [0.15, 0.2) is 113 Å². The molecule has 228 valence electrons. The molecule has 0 aromatic heterocycles. The topological polar surface area (TPSA) is 28.0 Å². The summed E-state index contributed by atoms with van der Waals surface area (Å²) in [5.74, 6) is 0.847. The molecule has 3 heterocycles. The van der Waals surface area contributed by atoms with Crippen LogP contribution in [0.25, 0.3) is 17.2 Å². The Balaban J connectivity index is 1.23. The minimum Gasteiger partial charge on any atom is -0.303 e. The summed E-state index contributed by atoms with van der Waals surface area (Å²) in [6, 6.07) is 33.5. The first-order valence-electron chi connectivity index (χ1n) is 17.5. The zero-order valence-corrected chi connectivity index (χ0v) is 26.6. The molecule has 9 rings (SSSR count). The standard InChI is InChI=1S/C43H41N3/c1-3-11-29(12-4-1)25-31-17-18-36-37(43(31)41-27-40-38(28-44-41)34-15-7-8-16-39(34)45-40)20-19-35-33-14-6-5-13-30(33)26-32(42(35)36)21-24-46-22-9-2-10-23-46/h1,3-8,11-16,19-20,26-27,31-32H,2,9-10,17-18,21-25,28H2. The molecule has 5 aliphatic rings. The van der Waals surface area contributed by atoms with Gasteiger partial charge in [0.2, 0.25) is 0 Å². The van der Waals surface area contributed by atoms with Crippen LogP contribution < -0.4 is 21.0 Å². The van der Waals surface area contributed by atoms with E-state index in [0.717, 1.165) is 36.0 Å². The van der Waals surface area contributed by atoms with Gasteiger partial charge in [-0.2, -0.15) is 0 Å². The van der Waals surface area contributed by atoms with Crippen molar-refractivity contribution < 1.29 is 0 Å². The minimum absolute atomic E-state index is 0.417. The van der Waals surface area contributed by atoms with Gasteiger partial charge in [-0.3, -0.25) is 4.99 Å². The van der Waals surface area contributed by atoms with Gasteiger partial charge in [0.25, 0.3) is 0 Å². The Labute approximate surface area is 271 Å². The van der Waals surface area contributed by atoms with Crippen LogP contribution in [0, 0.1) is 16.4 Å². The smallest absolute Gasteiger partial charge is 0.0716 e. The maximum Gasteiger partial charge on any atom is 0.0716 e. The number of likely N-dealkylation sites (tertiary alicyclic amines) is 1. The summed E-state index contributed by atoms with van der Waals surface area (Å²) in [7, 11) is 0. The quantitative estimate of drug-likeness (QED) is 0.288. The van der Waals surface area contributed by atoms with Gasteiger partial charge in [-0.25, -0.2) is 4.99 Å². The molecule has 2 aliphatic carbocycles. The van der Waals surface area contributed by atoms with Gasteiger partial charge in [-0.15, -0.1) is 0 Å². The number of benzene rings is 4. The van der Waals surface area contributed by atoms with Crippen molar-refractivity contribution in [3.05, 3.63) is 151 Å². The van der Waals surface area contributed by atoms with Gasteiger partial charge in [0.05, 0.1) is 23.3 Å². The van der Waals surface area contributed by atoms with E-state index in [1.807, 2.05) is 0 Å². The van der Waals surface area contributed by atoms with Crippen LogP contribution in [0.1, 0.15) is 54.7 Å². The van der Waals surface area contributed by atoms with E-state index in [2.05, 4.69) is 108 Å². The Kier molecular flexibility index (Phi) is 7.16. The highest BCUT2D eigenvalue weighted by atomic mass is 15.1. The van der Waals surface area contributed by atoms with Crippen molar-refractivity contribution in [1.82, 2.24) is 4.90 Å². The number of hydrogen-bond acceptors (Lipinski definition) is 3. The molecule has 4 aromatic carbocycles. The minimum atomic E-state index is 0.417. The first-order valence-corrected chi connectivity index (χ1v) is 17.5. The first-order chi connectivity index (χ1) is 22.8. The van der Waals surface area contributed by atoms with E-state index in [9.17, 15) is 0 Å². The lowest BCUT2D eigenvalue weighted by Crippen LogP contribution is -2.34. The zero-order chi connectivity index (χ0) is 30.5. The summed E-state index contributed by atoms with van der Waals surface area (Å²) in [5, 5.41) is 7.98. The molecule has 3 heteroatoms. The van der Waals surface area contributed by atoms with Crippen LogP contribution in [0.2, 0.25) is 0 Å². The average Bonchev–Trinajstić information content (AvgIpc) is 3.49. The lowest BCUT2D eigenvalue weighted by atomic mass is 9.74. The van der Waals surface area contributed by atoms with E-state index in [0.29, 0.717) is 18.4 Å². The van der Waals surface area contributed by atoms with Crippen LogP contribution in [0.3, 0.4) is 0 Å². The Morgan fingerprint density at radius 2 is 1.52 bits per heavy atom. The van der Waals surface area contributed by atoms with Crippen LogP contribution in [-0.4, -0.2) is 36.8 Å². The summed E-state index contributed by atoms with van der Waals surface area (Å²) in [6.45, 7) is 4.39. The lowest BCUT2D eigenvalue weighted by molar-refractivity contribution is 0.224. The van der Waals surface area contributed by atoms with E-state index in [1.54, 1.807) is 11.1 Å². The Morgan fingerprint density at radius 3 is 2.41 bits per heavy atom. The normalized spacial score (nSPS) is 21.5. The molecule has 0 saturated carbocycles. The summed E-state index contributed by atoms with van der Waals surface area (Å²) in [6.07, 6.45) is 13.5. The third-order valence-electron chi connectivity index (χ3n) is 11.1. The number of piperidine rings is 1. The number of para-hydroxylation sites is 1. The van der Waals surface area contributed by atoms with Gasteiger partial charge in [-0.05, 0) is 119 Å². The van der Waals surface area contributed by atoms with Crippen molar-refractivity contribution >= 4 is 22.9 Å². The second-order valence-corrected chi connectivity index (χ2v) is 13.8. The second kappa shape index (κ2) is 11.8. The average molecular weight is 600 g/mol. The van der Waals surface area contributed by atoms with Crippen LogP contribution in [0.5, 0.6) is 0 Å². The molecule has 46 heavy (non-hydrogen) atoms. The highest BCUT2D eigenvalue weighted by Gasteiger charge is 2.30. The van der Waals surface area contributed by atoms with E-state index >= 15 is 0 Å². The van der Waals surface area contributed by atoms with Crippen LogP contribution in [0.4, 0.5) is 0 Å². The van der Waals surface area contributed by atoms with Gasteiger partial charge >= 0.3 is 0 Å². The van der Waals surface area contributed by atoms with Crippen LogP contribution in [-0.2, 0) is 12.8 Å². The predicted molar refractivity (Wildman–Crippen MR) is 188 cm³/mol. The number of fused-ring (bicyclic) bond motifs is 6. The zero-order valence-electron chi connectivity index (χ0n) is 26.6. The molecule has 2 atom stereocenters. The summed E-state index contributed by atoms with van der Waals surface area (Å²) >= 11 is 0. The maximum absolute atomic E-state index is 5.34. The number of allylic oxidation sites excluding steroid dienone is 1. The largest absolute Gasteiger partial charge is 0.303 e. The van der Waals surface area contributed by atoms with Crippen molar-refractivity contribution in [1.29, 1.82) is 0 Å². The second-order valence-electron chi connectivity index (χ2n) is 13.8. The summed E-state index contributed by atoms with van der Waals surface area (Å²) in [5.41, 5.74) is 9.49. The van der Waals surface area contributed by atoms with Gasteiger partial charge < -0.3 is 4.90 Å². The summed E-state index contributed by atoms with van der Waals surface area (Å²) in [4.78, 5) is 13.1.